The van der Waals surface area contributed by atoms with Crippen LogP contribution >= 0.6 is 0 Å². The lowest BCUT2D eigenvalue weighted by Gasteiger charge is -2.37. The molecule has 2 aliphatic heterocycles. The third kappa shape index (κ3) is 16.3. The number of carbonyl (C=O) groups excluding carboxylic acids is 2. The van der Waals surface area contributed by atoms with Gasteiger partial charge in [0.1, 0.15) is 12.4 Å². The maximum atomic E-state index is 12.7. The van der Waals surface area contributed by atoms with Crippen molar-refractivity contribution in [3.63, 3.8) is 0 Å². The van der Waals surface area contributed by atoms with E-state index in [2.05, 4.69) is 22.0 Å². The number of hydrogen-bond acceptors (Lipinski definition) is 11. The molecule has 1 amide bonds. The van der Waals surface area contributed by atoms with E-state index >= 15 is 0 Å². The van der Waals surface area contributed by atoms with Crippen LogP contribution in [0.4, 0.5) is 4.79 Å². The van der Waals surface area contributed by atoms with Crippen LogP contribution in [-0.2, 0) is 39.7 Å². The van der Waals surface area contributed by atoms with Gasteiger partial charge in [0.15, 0.2) is 0 Å². The average Bonchev–Trinajstić information content (AvgIpc) is 3.52. The molecule has 3 heterocycles. The van der Waals surface area contributed by atoms with Gasteiger partial charge in [-0.2, -0.15) is 0 Å². The first-order valence-electron chi connectivity index (χ1n) is 17.7. The highest BCUT2D eigenvalue weighted by molar-refractivity contribution is 5.82. The number of amides is 1. The number of aryl methyl sites for hydroxylation is 1. The minimum absolute atomic E-state index is 0.0133. The van der Waals surface area contributed by atoms with Crippen molar-refractivity contribution in [2.45, 2.75) is 146 Å². The molecule has 1 aromatic heterocycles. The number of allylic oxidation sites excluding steroid dienone is 1. The van der Waals surface area contributed by atoms with Gasteiger partial charge in [-0.15, -0.1) is 0 Å². The second kappa shape index (κ2) is 22.5. The Morgan fingerprint density at radius 3 is 2.51 bits per heavy atom. The third-order valence-corrected chi connectivity index (χ3v) is 8.82. The summed E-state index contributed by atoms with van der Waals surface area (Å²) in [5, 5.41) is 22.4. The van der Waals surface area contributed by atoms with Crippen LogP contribution in [0.3, 0.4) is 0 Å². The standard InChI is InChI=1S/C36H56N2O11/c1-4-5-6-12-26(39)18-27-13-9-14-28(47-27)19-29(44-2)20-30-21-31(22-32(48-30)23-34(40)41)49-35(42)16-8-7-11-25-24-46-33(38-25)15-10-17-37-36(43)45-3/h8,10,15-16,24,26-32,39H,4-7,9,11-14,17-23H2,1-3H3,(H,37,43)(H,40,41)/b15-10-,16-8-/t26-,27-,28?,29-,30?,31+,32-/m0/s1. The van der Waals surface area contributed by atoms with Crippen molar-refractivity contribution in [1.29, 1.82) is 0 Å². The van der Waals surface area contributed by atoms with Gasteiger partial charge in [0.2, 0.25) is 5.89 Å². The van der Waals surface area contributed by atoms with Crippen LogP contribution in [0, 0.1) is 0 Å². The number of oxazole rings is 1. The van der Waals surface area contributed by atoms with Crippen molar-refractivity contribution in [2.75, 3.05) is 20.8 Å². The van der Waals surface area contributed by atoms with Crippen LogP contribution in [0.1, 0.15) is 108 Å². The molecule has 3 rings (SSSR count). The zero-order chi connectivity index (χ0) is 35.4. The molecule has 0 radical (unpaired) electrons. The minimum atomic E-state index is -0.971. The number of esters is 1. The Morgan fingerprint density at radius 2 is 1.78 bits per heavy atom. The number of aliphatic carboxylic acids is 1. The summed E-state index contributed by atoms with van der Waals surface area (Å²) in [5.41, 5.74) is 0.712. The SMILES string of the molecule is CCCCC[C@H](O)C[C@@H]1CCCC(C[C@@H](CC2C[C@@H](OC(=O)/C=C\CCc3coc(/C=C\CNC(=O)OC)n3)C[C@@H](CC(=O)O)O2)OC)O1. The number of methoxy groups -OCH3 is 2. The Balaban J connectivity index is 1.45. The minimum Gasteiger partial charge on any atom is -0.481 e. The summed E-state index contributed by atoms with van der Waals surface area (Å²) in [5.74, 6) is -1.07. The number of carboxylic acid groups (broad SMARTS) is 1. The molecule has 2 unspecified atom stereocenters. The molecule has 0 saturated carbocycles. The van der Waals surface area contributed by atoms with Gasteiger partial charge in [-0.1, -0.05) is 38.3 Å². The zero-order valence-corrected chi connectivity index (χ0v) is 29.3. The van der Waals surface area contributed by atoms with Gasteiger partial charge in [-0.3, -0.25) is 4.79 Å². The van der Waals surface area contributed by atoms with Crippen LogP contribution in [0.2, 0.25) is 0 Å². The van der Waals surface area contributed by atoms with E-state index in [-0.39, 0.29) is 43.5 Å². The van der Waals surface area contributed by atoms with E-state index in [9.17, 15) is 24.6 Å². The van der Waals surface area contributed by atoms with Crippen molar-refractivity contribution < 1.29 is 52.7 Å². The number of carbonyl (C=O) groups is 3. The number of nitrogens with zero attached hydrogens (tertiary/aromatic N) is 1. The van der Waals surface area contributed by atoms with Crippen LogP contribution in [0.5, 0.6) is 0 Å². The van der Waals surface area contributed by atoms with E-state index in [4.69, 9.17) is 23.4 Å². The summed E-state index contributed by atoms with van der Waals surface area (Å²) in [6.45, 7) is 2.43. The number of aliphatic hydroxyl groups excluding tert-OH is 1. The highest BCUT2D eigenvalue weighted by Gasteiger charge is 2.35. The Labute approximate surface area is 289 Å². The van der Waals surface area contributed by atoms with Crippen LogP contribution in [0.25, 0.3) is 6.08 Å². The fourth-order valence-electron chi connectivity index (χ4n) is 6.40. The van der Waals surface area contributed by atoms with Crippen molar-refractivity contribution in [1.82, 2.24) is 10.3 Å². The quantitative estimate of drug-likeness (QED) is 0.0836. The third-order valence-electron chi connectivity index (χ3n) is 8.82. The molecule has 2 fully saturated rings. The van der Waals surface area contributed by atoms with Crippen LogP contribution in [-0.4, -0.2) is 96.7 Å². The first kappa shape index (κ1) is 40.2. The smallest absolute Gasteiger partial charge is 0.407 e. The molecule has 49 heavy (non-hydrogen) atoms. The molecule has 13 nitrogen and oxygen atoms in total. The van der Waals surface area contributed by atoms with Gasteiger partial charge in [-0.05, 0) is 63.9 Å². The second-order valence-electron chi connectivity index (χ2n) is 12.9. The summed E-state index contributed by atoms with van der Waals surface area (Å²) < 4.78 is 34.0. The molecule has 0 spiro atoms. The lowest BCUT2D eigenvalue weighted by atomic mass is 9.92. The summed E-state index contributed by atoms with van der Waals surface area (Å²) in [4.78, 5) is 39.7. The van der Waals surface area contributed by atoms with Gasteiger partial charge in [0.25, 0.3) is 0 Å². The first-order chi connectivity index (χ1) is 23.7. The number of unbranched alkanes of at least 4 members (excludes halogenated alkanes) is 2. The van der Waals surface area contributed by atoms with Crippen molar-refractivity contribution >= 4 is 24.1 Å². The maximum absolute atomic E-state index is 12.7. The molecule has 0 bridgehead atoms. The molecule has 7 atom stereocenters. The Morgan fingerprint density at radius 1 is 1.04 bits per heavy atom. The fourth-order valence-corrected chi connectivity index (χ4v) is 6.40. The second-order valence-corrected chi connectivity index (χ2v) is 12.9. The summed E-state index contributed by atoms with van der Waals surface area (Å²) in [7, 11) is 2.95. The lowest BCUT2D eigenvalue weighted by Crippen LogP contribution is -2.41. The maximum Gasteiger partial charge on any atom is 0.407 e. The normalized spacial score (nSPS) is 24.1. The van der Waals surface area contributed by atoms with Gasteiger partial charge in [0, 0.05) is 32.6 Å². The number of nitrogens with one attached hydrogen (secondary N) is 1. The summed E-state index contributed by atoms with van der Waals surface area (Å²) in [6.07, 6.45) is 16.0. The van der Waals surface area contributed by atoms with Gasteiger partial charge < -0.3 is 43.6 Å². The zero-order valence-electron chi connectivity index (χ0n) is 29.3. The van der Waals surface area contributed by atoms with Crippen molar-refractivity contribution in [3.05, 3.63) is 36.1 Å². The Hall–Kier alpha value is -3.26. The molecular weight excluding hydrogens is 636 g/mol. The summed E-state index contributed by atoms with van der Waals surface area (Å²) in [6, 6.07) is 0. The topological polar surface area (TPSA) is 176 Å². The molecular formula is C36H56N2O11. The van der Waals surface area contributed by atoms with E-state index in [0.717, 1.165) is 44.9 Å². The number of alkyl carbamates (subject to hydrolysis) is 1. The van der Waals surface area contributed by atoms with E-state index < -0.39 is 30.2 Å². The predicted molar refractivity (Wildman–Crippen MR) is 181 cm³/mol. The number of aromatic nitrogens is 1. The Bertz CT molecular complexity index is 1190. The molecule has 2 saturated heterocycles. The van der Waals surface area contributed by atoms with E-state index in [1.807, 2.05) is 0 Å². The van der Waals surface area contributed by atoms with Gasteiger partial charge in [0.05, 0.1) is 55.8 Å². The van der Waals surface area contributed by atoms with Crippen molar-refractivity contribution in [3.8, 4) is 0 Å². The molecule has 2 aliphatic rings. The molecule has 1 aromatic rings. The number of carboxylic acids is 1. The van der Waals surface area contributed by atoms with E-state index in [1.165, 1.54) is 19.4 Å². The van der Waals surface area contributed by atoms with Crippen molar-refractivity contribution in [2.24, 2.45) is 0 Å². The Kier molecular flexibility index (Phi) is 18.4. The van der Waals surface area contributed by atoms with Crippen LogP contribution in [0.15, 0.2) is 28.9 Å². The molecule has 276 valence electrons. The average molecular weight is 693 g/mol. The molecule has 0 aromatic carbocycles. The number of ether oxygens (including phenoxy) is 5. The fraction of sp³-hybridized carbons (Fsp3) is 0.722. The highest BCUT2D eigenvalue weighted by Crippen LogP contribution is 2.31. The molecule has 3 N–H and O–H groups in total. The highest BCUT2D eigenvalue weighted by atomic mass is 16.6. The molecule has 0 aliphatic carbocycles. The monoisotopic (exact) mass is 692 g/mol. The predicted octanol–water partition coefficient (Wildman–Crippen LogP) is 5.53. The number of hydrogen-bond donors (Lipinski definition) is 3. The van der Waals surface area contributed by atoms with E-state index in [0.29, 0.717) is 56.5 Å². The van der Waals surface area contributed by atoms with E-state index in [1.54, 1.807) is 25.3 Å². The van der Waals surface area contributed by atoms with Crippen LogP contribution < -0.4 is 5.32 Å². The van der Waals surface area contributed by atoms with Gasteiger partial charge >= 0.3 is 18.0 Å². The summed E-state index contributed by atoms with van der Waals surface area (Å²) >= 11 is 0. The lowest BCUT2D eigenvalue weighted by molar-refractivity contribution is -0.164. The van der Waals surface area contributed by atoms with Gasteiger partial charge in [-0.25, -0.2) is 14.6 Å². The largest absolute Gasteiger partial charge is 0.481 e. The molecule has 13 heteroatoms. The number of rotatable bonds is 21. The number of aliphatic hydroxyl groups is 1. The first-order valence-corrected chi connectivity index (χ1v) is 17.7.